The van der Waals surface area contributed by atoms with Crippen LogP contribution in [0.1, 0.15) is 19.8 Å². The first kappa shape index (κ1) is 19.9. The summed E-state index contributed by atoms with van der Waals surface area (Å²) in [4.78, 5) is 15.3. The highest BCUT2D eigenvalue weighted by atomic mass is 35.5. The number of nitrogens with zero attached hydrogens (tertiary/aromatic N) is 4. The van der Waals surface area contributed by atoms with E-state index in [2.05, 4.69) is 15.2 Å². The van der Waals surface area contributed by atoms with Crippen LogP contribution in [-0.4, -0.2) is 37.6 Å². The molecule has 0 unspecified atom stereocenters. The number of carboxylic acids is 1. The van der Waals surface area contributed by atoms with Crippen molar-refractivity contribution in [3.05, 3.63) is 47.6 Å². The average molecular weight is 427 g/mol. The fraction of sp³-hybridized carbons (Fsp3) is 0.238. The number of ether oxygens (including phenoxy) is 1. The number of fused-ring (bicyclic) bond motifs is 1. The van der Waals surface area contributed by atoms with Gasteiger partial charge in [-0.3, -0.25) is 9.48 Å². The Morgan fingerprint density at radius 3 is 2.83 bits per heavy atom. The highest BCUT2D eigenvalue weighted by Crippen LogP contribution is 2.31. The van der Waals surface area contributed by atoms with E-state index in [0.717, 1.165) is 22.9 Å². The van der Waals surface area contributed by atoms with Gasteiger partial charge in [0.25, 0.3) is 5.89 Å². The molecule has 0 aliphatic heterocycles. The van der Waals surface area contributed by atoms with E-state index < -0.39 is 5.97 Å². The maximum absolute atomic E-state index is 10.8. The zero-order chi connectivity index (χ0) is 21.1. The number of aromatic nitrogens is 4. The van der Waals surface area contributed by atoms with E-state index in [1.54, 1.807) is 23.0 Å². The van der Waals surface area contributed by atoms with Crippen molar-refractivity contribution in [2.24, 2.45) is 0 Å². The molecule has 0 atom stereocenters. The summed E-state index contributed by atoms with van der Waals surface area (Å²) in [7, 11) is 0. The summed E-state index contributed by atoms with van der Waals surface area (Å²) in [6.45, 7) is 2.93. The van der Waals surface area contributed by atoms with Crippen LogP contribution in [0.3, 0.4) is 0 Å². The molecule has 0 spiro atoms. The summed E-state index contributed by atoms with van der Waals surface area (Å²) in [5, 5.41) is 18.5. The Morgan fingerprint density at radius 2 is 2.07 bits per heavy atom. The lowest BCUT2D eigenvalue weighted by atomic mass is 10.1. The monoisotopic (exact) mass is 426 g/mol. The second-order valence-corrected chi connectivity index (χ2v) is 7.11. The molecule has 30 heavy (non-hydrogen) atoms. The largest absolute Gasteiger partial charge is 0.492 e. The van der Waals surface area contributed by atoms with Crippen molar-refractivity contribution >= 4 is 28.5 Å². The molecule has 0 bridgehead atoms. The van der Waals surface area contributed by atoms with E-state index in [0.29, 0.717) is 41.2 Å². The molecular weight excluding hydrogens is 408 g/mol. The van der Waals surface area contributed by atoms with Gasteiger partial charge in [-0.25, -0.2) is 0 Å². The Balaban J connectivity index is 1.57. The van der Waals surface area contributed by atoms with E-state index in [-0.39, 0.29) is 6.42 Å². The van der Waals surface area contributed by atoms with Crippen LogP contribution >= 0.6 is 11.6 Å². The van der Waals surface area contributed by atoms with Gasteiger partial charge in [-0.1, -0.05) is 23.7 Å². The van der Waals surface area contributed by atoms with Gasteiger partial charge in [-0.05, 0) is 42.8 Å². The molecule has 0 saturated heterocycles. The fourth-order valence-electron chi connectivity index (χ4n) is 3.03. The number of halogens is 1. The molecule has 1 N–H and O–H groups in total. The Morgan fingerprint density at radius 1 is 1.23 bits per heavy atom. The molecule has 9 heteroatoms. The highest BCUT2D eigenvalue weighted by Gasteiger charge is 2.14. The quantitative estimate of drug-likeness (QED) is 0.436. The van der Waals surface area contributed by atoms with Crippen molar-refractivity contribution in [1.29, 1.82) is 0 Å². The standard InChI is InChI=1S/C21H19ClN4O4/c1-2-9-29-18-6-4-14(11-16(18)22)21-24-20(25-30-21)13-3-5-17-15(10-13)12-23-26(17)8-7-19(27)28/h3-6,10-12H,2,7-9H2,1H3,(H,27,28). The van der Waals surface area contributed by atoms with Crippen molar-refractivity contribution in [2.45, 2.75) is 26.3 Å². The molecule has 0 fully saturated rings. The zero-order valence-electron chi connectivity index (χ0n) is 16.2. The zero-order valence-corrected chi connectivity index (χ0v) is 17.0. The van der Waals surface area contributed by atoms with Crippen LogP contribution in [0.15, 0.2) is 47.1 Å². The number of rotatable bonds is 8. The molecule has 8 nitrogen and oxygen atoms in total. The molecule has 2 aromatic carbocycles. The average Bonchev–Trinajstić information content (AvgIpc) is 3.38. The van der Waals surface area contributed by atoms with Gasteiger partial charge in [0.15, 0.2) is 0 Å². The first-order chi connectivity index (χ1) is 14.5. The minimum absolute atomic E-state index is 0.0115. The number of aryl methyl sites for hydroxylation is 1. The smallest absolute Gasteiger partial charge is 0.305 e. The van der Waals surface area contributed by atoms with Crippen molar-refractivity contribution in [3.63, 3.8) is 0 Å². The van der Waals surface area contributed by atoms with Gasteiger partial charge < -0.3 is 14.4 Å². The summed E-state index contributed by atoms with van der Waals surface area (Å²) in [6.07, 6.45) is 2.60. The third kappa shape index (κ3) is 4.13. The number of hydrogen-bond acceptors (Lipinski definition) is 6. The maximum Gasteiger partial charge on any atom is 0.305 e. The van der Waals surface area contributed by atoms with Crippen LogP contribution in [0.4, 0.5) is 0 Å². The molecule has 154 valence electrons. The Labute approximate surface area is 177 Å². The number of hydrogen-bond donors (Lipinski definition) is 1. The van der Waals surface area contributed by atoms with Gasteiger partial charge in [-0.15, -0.1) is 0 Å². The van der Waals surface area contributed by atoms with E-state index in [9.17, 15) is 4.79 Å². The summed E-state index contributed by atoms with van der Waals surface area (Å²) in [6, 6.07) is 11.0. The van der Waals surface area contributed by atoms with Gasteiger partial charge in [0.1, 0.15) is 5.75 Å². The molecule has 0 radical (unpaired) electrons. The predicted molar refractivity (Wildman–Crippen MR) is 112 cm³/mol. The second-order valence-electron chi connectivity index (χ2n) is 6.70. The third-order valence-corrected chi connectivity index (χ3v) is 4.80. The highest BCUT2D eigenvalue weighted by molar-refractivity contribution is 6.32. The van der Waals surface area contributed by atoms with E-state index >= 15 is 0 Å². The molecule has 4 aromatic rings. The van der Waals surface area contributed by atoms with Crippen LogP contribution in [0.5, 0.6) is 5.75 Å². The molecule has 2 heterocycles. The first-order valence-corrected chi connectivity index (χ1v) is 9.87. The van der Waals surface area contributed by atoms with Gasteiger partial charge in [0, 0.05) is 16.5 Å². The molecule has 0 aliphatic carbocycles. The molecule has 0 amide bonds. The molecule has 0 saturated carbocycles. The van der Waals surface area contributed by atoms with E-state index in [4.69, 9.17) is 26.0 Å². The minimum atomic E-state index is -0.861. The number of carboxylic acid groups (broad SMARTS) is 1. The SMILES string of the molecule is CCCOc1ccc(-c2nc(-c3ccc4c(cnn4CCC(=O)O)c3)no2)cc1Cl. The summed E-state index contributed by atoms with van der Waals surface area (Å²) in [5.74, 6) is 0.547. The molecule has 0 aliphatic rings. The molecule has 4 rings (SSSR count). The molecule has 2 aromatic heterocycles. The fourth-order valence-corrected chi connectivity index (χ4v) is 3.26. The van der Waals surface area contributed by atoms with Crippen LogP contribution < -0.4 is 4.74 Å². The predicted octanol–water partition coefficient (Wildman–Crippen LogP) is 4.67. The minimum Gasteiger partial charge on any atom is -0.492 e. The lowest BCUT2D eigenvalue weighted by molar-refractivity contribution is -0.137. The van der Waals surface area contributed by atoms with Crippen molar-refractivity contribution in [1.82, 2.24) is 19.9 Å². The number of aliphatic carboxylic acids is 1. The van der Waals surface area contributed by atoms with Gasteiger partial charge in [0.05, 0.1) is 36.3 Å². The summed E-state index contributed by atoms with van der Waals surface area (Å²) >= 11 is 6.29. The number of carbonyl (C=O) groups is 1. The van der Waals surface area contributed by atoms with Crippen LogP contribution in [0.25, 0.3) is 33.7 Å². The Kier molecular flexibility index (Phi) is 5.67. The van der Waals surface area contributed by atoms with E-state index in [1.165, 1.54) is 0 Å². The Bertz CT molecular complexity index is 1200. The number of benzene rings is 2. The molecular formula is C21H19ClN4O4. The normalized spacial score (nSPS) is 11.1. The van der Waals surface area contributed by atoms with Crippen LogP contribution in [-0.2, 0) is 11.3 Å². The van der Waals surface area contributed by atoms with Crippen molar-refractivity contribution in [2.75, 3.05) is 6.61 Å². The van der Waals surface area contributed by atoms with E-state index in [1.807, 2.05) is 31.2 Å². The Hall–Kier alpha value is -3.39. The lowest BCUT2D eigenvalue weighted by Crippen LogP contribution is -2.05. The lowest BCUT2D eigenvalue weighted by Gasteiger charge is -2.06. The van der Waals surface area contributed by atoms with Crippen LogP contribution in [0, 0.1) is 0 Å². The van der Waals surface area contributed by atoms with Crippen molar-refractivity contribution in [3.8, 4) is 28.6 Å². The van der Waals surface area contributed by atoms with Crippen molar-refractivity contribution < 1.29 is 19.2 Å². The maximum atomic E-state index is 10.8. The summed E-state index contributed by atoms with van der Waals surface area (Å²) in [5.41, 5.74) is 2.31. The third-order valence-electron chi connectivity index (χ3n) is 4.50. The van der Waals surface area contributed by atoms with Gasteiger partial charge >= 0.3 is 5.97 Å². The van der Waals surface area contributed by atoms with Gasteiger partial charge in [-0.2, -0.15) is 10.1 Å². The van der Waals surface area contributed by atoms with Gasteiger partial charge in [0.2, 0.25) is 5.82 Å². The van der Waals surface area contributed by atoms with Crippen LogP contribution in [0.2, 0.25) is 5.02 Å². The first-order valence-electron chi connectivity index (χ1n) is 9.49. The second kappa shape index (κ2) is 8.54. The topological polar surface area (TPSA) is 103 Å². The summed E-state index contributed by atoms with van der Waals surface area (Å²) < 4.78 is 12.7.